The van der Waals surface area contributed by atoms with Gasteiger partial charge in [-0.2, -0.15) is 0 Å². The van der Waals surface area contributed by atoms with Crippen LogP contribution in [0, 0.1) is 5.82 Å². The van der Waals surface area contributed by atoms with Crippen LogP contribution in [0.4, 0.5) is 15.8 Å². The number of anilines is 2. The number of carbonyl (C=O) groups excluding carboxylic acids is 3. The molecule has 5 rings (SSSR count). The third-order valence-corrected chi connectivity index (χ3v) is 8.14. The summed E-state index contributed by atoms with van der Waals surface area (Å²) in [4.78, 5) is 52.1. The van der Waals surface area contributed by atoms with Gasteiger partial charge in [-0.25, -0.2) is 9.18 Å². The molecule has 0 aliphatic rings. The summed E-state index contributed by atoms with van der Waals surface area (Å²) in [5, 5.41) is 26.6. The van der Waals surface area contributed by atoms with Crippen molar-refractivity contribution in [2.24, 2.45) is 0 Å². The normalized spacial score (nSPS) is 11.6. The molecule has 0 spiro atoms. The summed E-state index contributed by atoms with van der Waals surface area (Å²) < 4.78 is 13.5. The predicted octanol–water partition coefficient (Wildman–Crippen LogP) is 7.11. The first-order chi connectivity index (χ1) is 23.2. The van der Waals surface area contributed by atoms with Gasteiger partial charge in [0.05, 0.1) is 0 Å². The standard InChI is InChI=1S/C37H28FN3O6S/c38-26-16-14-23(15-17-26)20-31(41-34(43)25-10-5-2-6-11-25)35(44)39-27-12-7-13-29(21-27)48-33(24-8-3-1-4-9-24)36(45)40-28-18-19-32(42)30(22-28)37(46)47/h1-22,33,42H,(H,39,44)(H,40,45)(H,41,43)(H,46,47)/b31-20-. The molecule has 0 bridgehead atoms. The Labute approximate surface area is 279 Å². The van der Waals surface area contributed by atoms with E-state index in [9.17, 15) is 33.8 Å². The number of thioether (sulfide) groups is 1. The van der Waals surface area contributed by atoms with Crippen molar-refractivity contribution in [1.29, 1.82) is 0 Å². The largest absolute Gasteiger partial charge is 0.507 e. The van der Waals surface area contributed by atoms with E-state index in [1.54, 1.807) is 78.9 Å². The fourth-order valence-electron chi connectivity index (χ4n) is 4.54. The molecule has 0 heterocycles. The van der Waals surface area contributed by atoms with E-state index in [1.165, 1.54) is 60.3 Å². The van der Waals surface area contributed by atoms with E-state index in [0.29, 0.717) is 27.3 Å². The second-order valence-corrected chi connectivity index (χ2v) is 11.5. The molecule has 3 amide bonds. The van der Waals surface area contributed by atoms with Gasteiger partial charge in [-0.1, -0.05) is 66.7 Å². The van der Waals surface area contributed by atoms with Crippen molar-refractivity contribution < 1.29 is 33.8 Å². The number of rotatable bonds is 11. The summed E-state index contributed by atoms with van der Waals surface area (Å²) in [7, 11) is 0. The van der Waals surface area contributed by atoms with Gasteiger partial charge in [0.25, 0.3) is 11.8 Å². The molecule has 1 unspecified atom stereocenters. The quantitative estimate of drug-likeness (QED) is 0.0576. The molecule has 48 heavy (non-hydrogen) atoms. The van der Waals surface area contributed by atoms with Crippen LogP contribution in [0.3, 0.4) is 0 Å². The lowest BCUT2D eigenvalue weighted by Crippen LogP contribution is -2.30. The smallest absolute Gasteiger partial charge is 0.339 e. The van der Waals surface area contributed by atoms with Gasteiger partial charge in [-0.15, -0.1) is 11.8 Å². The maximum atomic E-state index is 13.6. The van der Waals surface area contributed by atoms with E-state index in [1.807, 2.05) is 6.07 Å². The number of aromatic carboxylic acids is 1. The predicted molar refractivity (Wildman–Crippen MR) is 182 cm³/mol. The van der Waals surface area contributed by atoms with Crippen molar-refractivity contribution in [3.05, 3.63) is 161 Å². The second kappa shape index (κ2) is 15.4. The van der Waals surface area contributed by atoms with Gasteiger partial charge in [0.2, 0.25) is 5.91 Å². The number of benzene rings is 5. The minimum atomic E-state index is -1.34. The third kappa shape index (κ3) is 8.74. The summed E-state index contributed by atoms with van der Waals surface area (Å²) in [6, 6.07) is 33.3. The van der Waals surface area contributed by atoms with Crippen LogP contribution in [0.1, 0.15) is 37.1 Å². The van der Waals surface area contributed by atoms with E-state index in [2.05, 4.69) is 16.0 Å². The number of phenols is 1. The number of amides is 3. The van der Waals surface area contributed by atoms with Crippen LogP contribution in [0.2, 0.25) is 0 Å². The van der Waals surface area contributed by atoms with E-state index in [4.69, 9.17) is 0 Å². The molecule has 0 aliphatic heterocycles. The Morgan fingerprint density at radius 1 is 0.729 bits per heavy atom. The lowest BCUT2D eigenvalue weighted by atomic mass is 10.1. The highest BCUT2D eigenvalue weighted by atomic mass is 32.2. The van der Waals surface area contributed by atoms with Gasteiger partial charge in [0.1, 0.15) is 28.1 Å². The zero-order chi connectivity index (χ0) is 34.0. The molecular formula is C37H28FN3O6S. The average Bonchev–Trinajstić information content (AvgIpc) is 3.09. The Hall–Kier alpha value is -6.20. The molecule has 0 radical (unpaired) electrons. The number of hydrogen-bond donors (Lipinski definition) is 5. The first kappa shape index (κ1) is 33.2. The number of aromatic hydroxyl groups is 1. The summed E-state index contributed by atoms with van der Waals surface area (Å²) in [6.45, 7) is 0. The first-order valence-electron chi connectivity index (χ1n) is 14.5. The number of halogens is 1. The fraction of sp³-hybridized carbons (Fsp3) is 0.0270. The van der Waals surface area contributed by atoms with Crippen LogP contribution in [0.5, 0.6) is 5.75 Å². The maximum absolute atomic E-state index is 13.6. The topological polar surface area (TPSA) is 145 Å². The number of nitrogens with one attached hydrogen (secondary N) is 3. The highest BCUT2D eigenvalue weighted by Crippen LogP contribution is 2.37. The van der Waals surface area contributed by atoms with Crippen LogP contribution < -0.4 is 16.0 Å². The first-order valence-corrected chi connectivity index (χ1v) is 15.4. The molecule has 9 nitrogen and oxygen atoms in total. The Balaban J connectivity index is 1.38. The van der Waals surface area contributed by atoms with E-state index in [0.717, 1.165) is 0 Å². The maximum Gasteiger partial charge on any atom is 0.339 e. The lowest BCUT2D eigenvalue weighted by Gasteiger charge is -2.18. The van der Waals surface area contributed by atoms with Crippen molar-refractivity contribution in [3.63, 3.8) is 0 Å². The Bertz CT molecular complexity index is 1990. The molecule has 0 aliphatic carbocycles. The molecule has 0 aromatic heterocycles. The number of carbonyl (C=O) groups is 4. The zero-order valence-corrected chi connectivity index (χ0v) is 25.9. The number of hydrogen-bond acceptors (Lipinski definition) is 6. The number of carboxylic acids is 1. The van der Waals surface area contributed by atoms with E-state index < -0.39 is 40.5 Å². The summed E-state index contributed by atoms with van der Waals surface area (Å²) in [5.41, 5.74) is 1.62. The van der Waals surface area contributed by atoms with Crippen LogP contribution in [0.15, 0.2) is 138 Å². The van der Waals surface area contributed by atoms with Crippen LogP contribution in [0.25, 0.3) is 6.08 Å². The van der Waals surface area contributed by atoms with Gasteiger partial charge in [-0.05, 0) is 77.9 Å². The molecule has 240 valence electrons. The second-order valence-electron chi connectivity index (χ2n) is 10.3. The van der Waals surface area contributed by atoms with Gasteiger partial charge in [-0.3, -0.25) is 14.4 Å². The molecular weight excluding hydrogens is 633 g/mol. The molecule has 0 saturated heterocycles. The highest BCUT2D eigenvalue weighted by molar-refractivity contribution is 8.00. The summed E-state index contributed by atoms with van der Waals surface area (Å²) >= 11 is 1.20. The van der Waals surface area contributed by atoms with Crippen LogP contribution in [-0.2, 0) is 9.59 Å². The van der Waals surface area contributed by atoms with Crippen LogP contribution >= 0.6 is 11.8 Å². The van der Waals surface area contributed by atoms with Crippen molar-refractivity contribution in [2.45, 2.75) is 10.1 Å². The summed E-state index contributed by atoms with van der Waals surface area (Å²) in [6.07, 6.45) is 1.43. The minimum Gasteiger partial charge on any atom is -0.507 e. The lowest BCUT2D eigenvalue weighted by molar-refractivity contribution is -0.116. The van der Waals surface area contributed by atoms with Gasteiger partial charge in [0, 0.05) is 21.8 Å². The van der Waals surface area contributed by atoms with E-state index >= 15 is 0 Å². The monoisotopic (exact) mass is 661 g/mol. The van der Waals surface area contributed by atoms with Gasteiger partial charge >= 0.3 is 5.97 Å². The van der Waals surface area contributed by atoms with Crippen molar-refractivity contribution >= 4 is 52.9 Å². The van der Waals surface area contributed by atoms with Crippen LogP contribution in [-0.4, -0.2) is 33.9 Å². The molecule has 0 saturated carbocycles. The highest BCUT2D eigenvalue weighted by Gasteiger charge is 2.24. The molecule has 0 fully saturated rings. The Morgan fingerprint density at radius 3 is 2.08 bits per heavy atom. The van der Waals surface area contributed by atoms with Crippen molar-refractivity contribution in [1.82, 2.24) is 5.32 Å². The molecule has 11 heteroatoms. The van der Waals surface area contributed by atoms with E-state index in [-0.39, 0.29) is 16.9 Å². The molecule has 1 atom stereocenters. The Kier molecular flexibility index (Phi) is 10.6. The number of carboxylic acid groups (broad SMARTS) is 1. The van der Waals surface area contributed by atoms with Crippen molar-refractivity contribution in [2.75, 3.05) is 10.6 Å². The van der Waals surface area contributed by atoms with Crippen molar-refractivity contribution in [3.8, 4) is 5.75 Å². The zero-order valence-electron chi connectivity index (χ0n) is 25.1. The fourth-order valence-corrected chi connectivity index (χ4v) is 5.63. The third-order valence-electron chi connectivity index (χ3n) is 6.89. The average molecular weight is 662 g/mol. The summed E-state index contributed by atoms with van der Waals surface area (Å²) in [5.74, 6) is -3.81. The molecule has 5 aromatic carbocycles. The van der Waals surface area contributed by atoms with Gasteiger partial charge < -0.3 is 26.2 Å². The minimum absolute atomic E-state index is 0.0790. The molecule has 5 N–H and O–H groups in total. The van der Waals surface area contributed by atoms with Gasteiger partial charge in [0.15, 0.2) is 0 Å². The SMILES string of the molecule is O=C(Nc1cccc(SC(C(=O)Nc2ccc(O)c(C(=O)O)c2)c2ccccc2)c1)/C(=C/c1ccc(F)cc1)NC(=O)c1ccccc1. The molecule has 5 aromatic rings. The Morgan fingerprint density at radius 2 is 1.40 bits per heavy atom.